The Morgan fingerprint density at radius 2 is 1.90 bits per heavy atom. The summed E-state index contributed by atoms with van der Waals surface area (Å²) in [6.45, 7) is 9.57. The molecule has 1 saturated heterocycles. The van der Waals surface area contributed by atoms with E-state index >= 15 is 0 Å². The van der Waals surface area contributed by atoms with Crippen LogP contribution in [0, 0.1) is 5.92 Å². The summed E-state index contributed by atoms with van der Waals surface area (Å²) < 4.78 is 7.57. The number of hydrogen-bond donors (Lipinski definition) is 2. The largest absolute Gasteiger partial charge is 0.381 e. The molecule has 1 fully saturated rings. The number of guanidine groups is 1. The number of aliphatic imine (C=N–C) groups is 1. The van der Waals surface area contributed by atoms with Gasteiger partial charge in [-0.2, -0.15) is 0 Å². The van der Waals surface area contributed by atoms with Crippen LogP contribution in [0.1, 0.15) is 71.0 Å². The van der Waals surface area contributed by atoms with E-state index in [0.717, 1.165) is 64.0 Å². The minimum absolute atomic E-state index is 0. The molecule has 0 aliphatic carbocycles. The third-order valence-electron chi connectivity index (χ3n) is 5.26. The molecule has 7 nitrogen and oxygen atoms in total. The first-order chi connectivity index (χ1) is 13.8. The highest BCUT2D eigenvalue weighted by molar-refractivity contribution is 14.0. The Kier molecular flexibility index (Phi) is 15.2. The smallest absolute Gasteiger partial charge is 0.191 e. The van der Waals surface area contributed by atoms with Gasteiger partial charge in [0.2, 0.25) is 0 Å². The SMILES string of the molecule is CCCCCCCCCNC(=NCC1CCOC1)NCCn1cnnc1CC.I. The van der Waals surface area contributed by atoms with Crippen molar-refractivity contribution in [3.63, 3.8) is 0 Å². The highest BCUT2D eigenvalue weighted by Crippen LogP contribution is 2.12. The summed E-state index contributed by atoms with van der Waals surface area (Å²) in [7, 11) is 0. The quantitative estimate of drug-likeness (QED) is 0.169. The number of nitrogens with one attached hydrogen (secondary N) is 2. The molecule has 29 heavy (non-hydrogen) atoms. The summed E-state index contributed by atoms with van der Waals surface area (Å²) >= 11 is 0. The summed E-state index contributed by atoms with van der Waals surface area (Å²) in [5, 5.41) is 15.1. The van der Waals surface area contributed by atoms with Gasteiger partial charge < -0.3 is 19.9 Å². The summed E-state index contributed by atoms with van der Waals surface area (Å²) in [4.78, 5) is 4.80. The Morgan fingerprint density at radius 3 is 2.62 bits per heavy atom. The molecule has 2 heterocycles. The molecule has 1 unspecified atom stereocenters. The first kappa shape index (κ1) is 26.1. The molecule has 1 atom stereocenters. The molecule has 1 aliphatic heterocycles. The molecule has 2 N–H and O–H groups in total. The van der Waals surface area contributed by atoms with Crippen LogP contribution in [0.2, 0.25) is 0 Å². The summed E-state index contributed by atoms with van der Waals surface area (Å²) in [6.07, 6.45) is 13.1. The average molecular weight is 521 g/mol. The van der Waals surface area contributed by atoms with E-state index < -0.39 is 0 Å². The van der Waals surface area contributed by atoms with E-state index in [1.54, 1.807) is 6.33 Å². The number of aromatic nitrogens is 3. The van der Waals surface area contributed by atoms with Gasteiger partial charge in [-0.3, -0.25) is 4.99 Å². The van der Waals surface area contributed by atoms with Crippen molar-refractivity contribution in [1.29, 1.82) is 0 Å². The lowest BCUT2D eigenvalue weighted by molar-refractivity contribution is 0.187. The molecule has 1 aliphatic rings. The zero-order valence-electron chi connectivity index (χ0n) is 18.4. The molecule has 1 aromatic rings. The van der Waals surface area contributed by atoms with Crippen molar-refractivity contribution in [2.45, 2.75) is 78.2 Å². The van der Waals surface area contributed by atoms with Crippen LogP contribution in [0.3, 0.4) is 0 Å². The Morgan fingerprint density at radius 1 is 1.14 bits per heavy atom. The lowest BCUT2D eigenvalue weighted by Crippen LogP contribution is -2.40. The van der Waals surface area contributed by atoms with E-state index in [1.807, 2.05) is 0 Å². The minimum atomic E-state index is 0. The second-order valence-electron chi connectivity index (χ2n) is 7.69. The van der Waals surface area contributed by atoms with Crippen molar-refractivity contribution in [2.24, 2.45) is 10.9 Å². The third kappa shape index (κ3) is 11.2. The number of unbranched alkanes of at least 4 members (excludes halogenated alkanes) is 6. The molecular formula is C21H41IN6O. The number of halogens is 1. The molecule has 1 aromatic heterocycles. The van der Waals surface area contributed by atoms with Crippen molar-refractivity contribution in [2.75, 3.05) is 32.8 Å². The zero-order valence-corrected chi connectivity index (χ0v) is 20.7. The van der Waals surface area contributed by atoms with Crippen molar-refractivity contribution in [3.05, 3.63) is 12.2 Å². The molecule has 0 radical (unpaired) electrons. The van der Waals surface area contributed by atoms with Gasteiger partial charge in [-0.15, -0.1) is 34.2 Å². The Bertz CT molecular complexity index is 545. The molecule has 2 rings (SSSR count). The number of rotatable bonds is 14. The van der Waals surface area contributed by atoms with Crippen molar-refractivity contribution in [1.82, 2.24) is 25.4 Å². The lowest BCUT2D eigenvalue weighted by Gasteiger charge is -2.14. The fourth-order valence-corrected chi connectivity index (χ4v) is 3.45. The predicted molar refractivity (Wildman–Crippen MR) is 130 cm³/mol. The van der Waals surface area contributed by atoms with Crippen LogP contribution < -0.4 is 10.6 Å². The summed E-state index contributed by atoms with van der Waals surface area (Å²) in [5.41, 5.74) is 0. The average Bonchev–Trinajstić information content (AvgIpc) is 3.39. The standard InChI is InChI=1S/C21H40N6O.HI/c1-3-5-6-7-8-9-10-12-22-21(24-16-19-11-15-28-17-19)23-13-14-27-18-25-26-20(27)4-2;/h18-19H,3-17H2,1-2H3,(H2,22,23,24);1H. The first-order valence-corrected chi connectivity index (χ1v) is 11.3. The monoisotopic (exact) mass is 520 g/mol. The number of aryl methyl sites for hydroxylation is 1. The van der Waals surface area contributed by atoms with Gasteiger partial charge in [0, 0.05) is 45.1 Å². The minimum Gasteiger partial charge on any atom is -0.381 e. The molecular weight excluding hydrogens is 479 g/mol. The van der Waals surface area contributed by atoms with Crippen LogP contribution in [0.25, 0.3) is 0 Å². The summed E-state index contributed by atoms with van der Waals surface area (Å²) in [5.74, 6) is 2.50. The molecule has 0 aromatic carbocycles. The van der Waals surface area contributed by atoms with E-state index in [-0.39, 0.29) is 24.0 Å². The molecule has 0 bridgehead atoms. The number of hydrogen-bond acceptors (Lipinski definition) is 4. The highest BCUT2D eigenvalue weighted by Gasteiger charge is 2.15. The Hall–Kier alpha value is -0.900. The zero-order chi connectivity index (χ0) is 19.9. The Labute approximate surface area is 193 Å². The molecule has 0 amide bonds. The van der Waals surface area contributed by atoms with Crippen LogP contribution in [-0.4, -0.2) is 53.6 Å². The second-order valence-corrected chi connectivity index (χ2v) is 7.69. The molecule has 0 saturated carbocycles. The fourth-order valence-electron chi connectivity index (χ4n) is 3.45. The molecule has 168 valence electrons. The normalized spacial score (nSPS) is 16.6. The molecule has 8 heteroatoms. The van der Waals surface area contributed by atoms with Crippen LogP contribution in [0.15, 0.2) is 11.3 Å². The first-order valence-electron chi connectivity index (χ1n) is 11.3. The van der Waals surface area contributed by atoms with E-state index in [9.17, 15) is 0 Å². The third-order valence-corrected chi connectivity index (χ3v) is 5.26. The lowest BCUT2D eigenvalue weighted by atomic mass is 10.1. The maximum Gasteiger partial charge on any atom is 0.191 e. The van der Waals surface area contributed by atoms with Crippen LogP contribution in [0.5, 0.6) is 0 Å². The Balaban J connectivity index is 0.00000420. The number of ether oxygens (including phenoxy) is 1. The van der Waals surface area contributed by atoms with Crippen LogP contribution in [0.4, 0.5) is 0 Å². The van der Waals surface area contributed by atoms with Gasteiger partial charge in [0.1, 0.15) is 12.2 Å². The van der Waals surface area contributed by atoms with Gasteiger partial charge in [-0.25, -0.2) is 0 Å². The van der Waals surface area contributed by atoms with Gasteiger partial charge in [-0.1, -0.05) is 52.4 Å². The molecule has 0 spiro atoms. The summed E-state index contributed by atoms with van der Waals surface area (Å²) in [6, 6.07) is 0. The van der Waals surface area contributed by atoms with Crippen LogP contribution >= 0.6 is 24.0 Å². The van der Waals surface area contributed by atoms with Gasteiger partial charge in [0.25, 0.3) is 0 Å². The maximum atomic E-state index is 5.47. The number of nitrogens with zero attached hydrogens (tertiary/aromatic N) is 4. The van der Waals surface area contributed by atoms with Gasteiger partial charge in [0.05, 0.1) is 6.61 Å². The maximum absolute atomic E-state index is 5.47. The van der Waals surface area contributed by atoms with Crippen molar-refractivity contribution in [3.8, 4) is 0 Å². The predicted octanol–water partition coefficient (Wildman–Crippen LogP) is 3.78. The highest BCUT2D eigenvalue weighted by atomic mass is 127. The van der Waals surface area contributed by atoms with Crippen molar-refractivity contribution >= 4 is 29.9 Å². The van der Waals surface area contributed by atoms with E-state index in [1.165, 1.54) is 44.9 Å². The van der Waals surface area contributed by atoms with E-state index in [4.69, 9.17) is 9.73 Å². The second kappa shape index (κ2) is 16.8. The fraction of sp³-hybridized carbons (Fsp3) is 0.857. The topological polar surface area (TPSA) is 76.4 Å². The van der Waals surface area contributed by atoms with Crippen molar-refractivity contribution < 1.29 is 4.74 Å². The van der Waals surface area contributed by atoms with E-state index in [0.29, 0.717) is 5.92 Å². The van der Waals surface area contributed by atoms with Crippen LogP contribution in [-0.2, 0) is 17.7 Å². The van der Waals surface area contributed by atoms with Gasteiger partial charge in [0.15, 0.2) is 5.96 Å². The van der Waals surface area contributed by atoms with E-state index in [2.05, 4.69) is 39.2 Å². The van der Waals surface area contributed by atoms with Gasteiger partial charge >= 0.3 is 0 Å². The van der Waals surface area contributed by atoms with Gasteiger partial charge in [-0.05, 0) is 12.8 Å².